The summed E-state index contributed by atoms with van der Waals surface area (Å²) in [5.74, 6) is -0.578. The zero-order chi connectivity index (χ0) is 29.3. The van der Waals surface area contributed by atoms with Crippen LogP contribution in [0.15, 0.2) is 51.4 Å². The molecule has 40 heavy (non-hydrogen) atoms. The third-order valence-electron chi connectivity index (χ3n) is 6.55. The highest BCUT2D eigenvalue weighted by molar-refractivity contribution is 6.31. The predicted octanol–water partition coefficient (Wildman–Crippen LogP) is 4.89. The minimum absolute atomic E-state index is 0.0451. The van der Waals surface area contributed by atoms with Gasteiger partial charge in [-0.15, -0.1) is 0 Å². The Labute approximate surface area is 241 Å². The van der Waals surface area contributed by atoms with Crippen LogP contribution < -0.4 is 25.7 Å². The minimum Gasteiger partial charge on any atom is -0.479 e. The molecule has 210 valence electrons. The van der Waals surface area contributed by atoms with Crippen LogP contribution >= 0.6 is 23.2 Å². The van der Waals surface area contributed by atoms with Crippen LogP contribution in [0.25, 0.3) is 0 Å². The predicted molar refractivity (Wildman–Crippen MR) is 156 cm³/mol. The largest absolute Gasteiger partial charge is 0.479 e. The summed E-state index contributed by atoms with van der Waals surface area (Å²) in [6.07, 6.45) is 3.02. The van der Waals surface area contributed by atoms with Crippen molar-refractivity contribution in [3.05, 3.63) is 68.2 Å². The number of benzene rings is 1. The van der Waals surface area contributed by atoms with E-state index in [0.29, 0.717) is 22.1 Å². The molecule has 11 nitrogen and oxygen atoms in total. The summed E-state index contributed by atoms with van der Waals surface area (Å²) in [6.45, 7) is 5.81. The maximum absolute atomic E-state index is 13.6. The standard InChI is InChI=1S/C27H29Cl2N7O4/c1-13(2)21(32-19-11-31-26(40-6)34-24(19)39-5)20-22(17-8-7-15(28)9-14(17)3)36(27(38)33-23(20)30)16-10-18(29)25(37)35(4)12-16/h7-13,20,22H,1-6H3,(H2,30,33,38). The smallest absolute Gasteiger partial charge is 0.350 e. The Morgan fingerprint density at radius 1 is 1.15 bits per heavy atom. The van der Waals surface area contributed by atoms with E-state index in [1.54, 1.807) is 19.2 Å². The van der Waals surface area contributed by atoms with Gasteiger partial charge in [0.25, 0.3) is 5.56 Å². The van der Waals surface area contributed by atoms with Gasteiger partial charge in [-0.2, -0.15) is 9.98 Å². The highest BCUT2D eigenvalue weighted by Gasteiger charge is 2.44. The van der Waals surface area contributed by atoms with E-state index in [1.165, 1.54) is 42.1 Å². The lowest BCUT2D eigenvalue weighted by Crippen LogP contribution is -2.51. The first-order valence-electron chi connectivity index (χ1n) is 12.3. The normalized spacial score (nSPS) is 17.7. The molecule has 2 aromatic heterocycles. The number of aryl methyl sites for hydroxylation is 2. The molecule has 0 saturated carbocycles. The van der Waals surface area contributed by atoms with Crippen LogP contribution in [0, 0.1) is 18.8 Å². The van der Waals surface area contributed by atoms with Gasteiger partial charge in [0.05, 0.1) is 38.1 Å². The molecule has 0 fully saturated rings. The molecule has 3 aromatic rings. The summed E-state index contributed by atoms with van der Waals surface area (Å²) in [6, 6.07) is 5.62. The lowest BCUT2D eigenvalue weighted by Gasteiger charge is -2.41. The molecule has 2 atom stereocenters. The number of methoxy groups -OCH3 is 2. The number of urea groups is 1. The molecule has 1 aliphatic heterocycles. The molecule has 3 heterocycles. The van der Waals surface area contributed by atoms with Gasteiger partial charge in [0, 0.05) is 24.0 Å². The number of aromatic nitrogens is 3. The first-order chi connectivity index (χ1) is 19.0. The van der Waals surface area contributed by atoms with E-state index in [4.69, 9.17) is 43.4 Å². The van der Waals surface area contributed by atoms with Crippen molar-refractivity contribution >= 4 is 52.2 Å². The molecule has 0 bridgehead atoms. The molecule has 4 rings (SSSR count). The van der Waals surface area contributed by atoms with E-state index in [1.807, 2.05) is 26.8 Å². The van der Waals surface area contributed by atoms with Gasteiger partial charge in [-0.1, -0.05) is 43.1 Å². The number of amides is 2. The van der Waals surface area contributed by atoms with E-state index in [0.717, 1.165) is 11.1 Å². The fourth-order valence-electron chi connectivity index (χ4n) is 4.69. The van der Waals surface area contributed by atoms with Crippen molar-refractivity contribution in [3.8, 4) is 11.9 Å². The van der Waals surface area contributed by atoms with Gasteiger partial charge in [0.15, 0.2) is 0 Å². The van der Waals surface area contributed by atoms with Crippen LogP contribution in [-0.4, -0.2) is 46.3 Å². The molecular weight excluding hydrogens is 557 g/mol. The number of carbonyl (C=O) groups is 1. The summed E-state index contributed by atoms with van der Waals surface area (Å²) < 4.78 is 11.9. The van der Waals surface area contributed by atoms with Crippen LogP contribution in [0.3, 0.4) is 0 Å². The molecule has 1 aliphatic rings. The van der Waals surface area contributed by atoms with Gasteiger partial charge in [-0.3, -0.25) is 9.69 Å². The fraction of sp³-hybridized carbons (Fsp3) is 0.333. The number of hydrogen-bond acceptors (Lipinski definition) is 8. The first kappa shape index (κ1) is 29.0. The average molecular weight is 586 g/mol. The van der Waals surface area contributed by atoms with Crippen molar-refractivity contribution in [2.24, 2.45) is 34.6 Å². The number of anilines is 1. The van der Waals surface area contributed by atoms with Crippen LogP contribution in [-0.2, 0) is 7.05 Å². The molecule has 0 radical (unpaired) electrons. The highest BCUT2D eigenvalue weighted by Crippen LogP contribution is 2.41. The van der Waals surface area contributed by atoms with Gasteiger partial charge in [0.1, 0.15) is 16.5 Å². The monoisotopic (exact) mass is 585 g/mol. The number of pyridine rings is 1. The van der Waals surface area contributed by atoms with Gasteiger partial charge < -0.3 is 19.8 Å². The van der Waals surface area contributed by atoms with E-state index < -0.39 is 23.6 Å². The van der Waals surface area contributed by atoms with Crippen molar-refractivity contribution < 1.29 is 14.3 Å². The Morgan fingerprint density at radius 2 is 1.88 bits per heavy atom. The molecule has 1 aromatic carbocycles. The Bertz CT molecular complexity index is 1560. The number of halogens is 2. The fourth-order valence-corrected chi connectivity index (χ4v) is 5.16. The first-order valence-corrected chi connectivity index (χ1v) is 13.0. The number of amidine groups is 1. The van der Waals surface area contributed by atoms with Crippen molar-refractivity contribution in [3.63, 3.8) is 0 Å². The molecule has 2 N–H and O–H groups in total. The zero-order valence-corrected chi connectivity index (χ0v) is 24.4. The lowest BCUT2D eigenvalue weighted by molar-refractivity contribution is 0.249. The third kappa shape index (κ3) is 5.52. The molecule has 0 aliphatic carbocycles. The Hall–Kier alpha value is -3.96. The van der Waals surface area contributed by atoms with Gasteiger partial charge in [-0.25, -0.2) is 14.8 Å². The lowest BCUT2D eigenvalue weighted by atomic mass is 9.80. The minimum atomic E-state index is -0.720. The van der Waals surface area contributed by atoms with Gasteiger partial charge in [-0.05, 0) is 42.2 Å². The van der Waals surface area contributed by atoms with E-state index in [2.05, 4.69) is 15.0 Å². The Balaban J connectivity index is 2.02. The van der Waals surface area contributed by atoms with Crippen molar-refractivity contribution in [1.82, 2.24) is 14.5 Å². The Morgan fingerprint density at radius 3 is 2.48 bits per heavy atom. The summed E-state index contributed by atoms with van der Waals surface area (Å²) in [5.41, 5.74) is 9.04. The van der Waals surface area contributed by atoms with Crippen molar-refractivity contribution in [2.75, 3.05) is 19.1 Å². The molecule has 2 unspecified atom stereocenters. The van der Waals surface area contributed by atoms with Crippen LogP contribution in [0.1, 0.15) is 31.0 Å². The Kier molecular flexibility index (Phi) is 8.45. The maximum Gasteiger partial charge on any atom is 0.350 e. The van der Waals surface area contributed by atoms with Crippen LogP contribution in [0.5, 0.6) is 11.9 Å². The molecule has 2 amide bonds. The summed E-state index contributed by atoms with van der Waals surface area (Å²) >= 11 is 12.6. The summed E-state index contributed by atoms with van der Waals surface area (Å²) in [5, 5.41) is 0.493. The van der Waals surface area contributed by atoms with Gasteiger partial charge in [0.2, 0.25) is 5.88 Å². The zero-order valence-electron chi connectivity index (χ0n) is 22.8. The van der Waals surface area contributed by atoms with Crippen molar-refractivity contribution in [1.29, 1.82) is 0 Å². The van der Waals surface area contributed by atoms with E-state index >= 15 is 0 Å². The molecular formula is C27H29Cl2N7O4. The number of ether oxygens (including phenoxy) is 2. The quantitative estimate of drug-likeness (QED) is 0.389. The van der Waals surface area contributed by atoms with E-state index in [-0.39, 0.29) is 28.7 Å². The second-order valence-electron chi connectivity index (χ2n) is 9.52. The number of nitrogens with two attached hydrogens (primary N) is 1. The van der Waals surface area contributed by atoms with Gasteiger partial charge >= 0.3 is 12.0 Å². The topological polar surface area (TPSA) is 137 Å². The molecule has 0 spiro atoms. The number of nitrogens with zero attached hydrogens (tertiary/aromatic N) is 6. The van der Waals surface area contributed by atoms with Crippen LogP contribution in [0.2, 0.25) is 10.0 Å². The SMILES string of the molecule is COc1ncc(N=C(C(C)C)C2C(N)=NC(=O)N(c3cc(Cl)c(=O)n(C)c3)C2c2ccc(Cl)cc2C)c(OC)n1. The average Bonchev–Trinajstić information content (AvgIpc) is 2.90. The number of hydrogen-bond donors (Lipinski definition) is 1. The summed E-state index contributed by atoms with van der Waals surface area (Å²) in [4.78, 5) is 44.9. The van der Waals surface area contributed by atoms with Crippen molar-refractivity contribution in [2.45, 2.75) is 26.8 Å². The highest BCUT2D eigenvalue weighted by atomic mass is 35.5. The van der Waals surface area contributed by atoms with E-state index in [9.17, 15) is 9.59 Å². The maximum atomic E-state index is 13.6. The number of aliphatic imine (C=N–C) groups is 2. The summed E-state index contributed by atoms with van der Waals surface area (Å²) in [7, 11) is 4.48. The molecule has 0 saturated heterocycles. The second-order valence-corrected chi connectivity index (χ2v) is 10.4. The second kappa shape index (κ2) is 11.6. The number of rotatable bonds is 7. The van der Waals surface area contributed by atoms with Crippen LogP contribution in [0.4, 0.5) is 16.2 Å². The molecule has 13 heteroatoms. The third-order valence-corrected chi connectivity index (χ3v) is 7.05. The number of carbonyl (C=O) groups excluding carboxylic acids is 1.